The SMILES string of the molecule is CCC(C)N(CC(=O)O)C1CCCC(C(C)(C)C)CC1. The van der Waals surface area contributed by atoms with E-state index in [4.69, 9.17) is 5.11 Å². The van der Waals surface area contributed by atoms with Gasteiger partial charge in [-0.1, -0.05) is 34.1 Å². The van der Waals surface area contributed by atoms with Crippen molar-refractivity contribution in [3.05, 3.63) is 0 Å². The Morgan fingerprint density at radius 2 is 1.90 bits per heavy atom. The highest BCUT2D eigenvalue weighted by Crippen LogP contribution is 2.38. The van der Waals surface area contributed by atoms with E-state index in [0.717, 1.165) is 25.2 Å². The third-order valence-corrected chi connectivity index (χ3v) is 5.11. The first-order valence-electron chi connectivity index (χ1n) is 8.23. The minimum atomic E-state index is -0.693. The first kappa shape index (κ1) is 17.5. The fourth-order valence-electron chi connectivity index (χ4n) is 3.52. The van der Waals surface area contributed by atoms with E-state index in [2.05, 4.69) is 39.5 Å². The first-order chi connectivity index (χ1) is 9.25. The molecule has 3 unspecified atom stereocenters. The summed E-state index contributed by atoms with van der Waals surface area (Å²) in [4.78, 5) is 13.4. The molecule has 0 aromatic heterocycles. The zero-order chi connectivity index (χ0) is 15.3. The molecule has 1 aliphatic rings. The number of carboxylic acid groups (broad SMARTS) is 1. The maximum absolute atomic E-state index is 11.1. The van der Waals surface area contributed by atoms with E-state index >= 15 is 0 Å². The molecular weight excluding hydrogens is 250 g/mol. The van der Waals surface area contributed by atoms with Crippen LogP contribution in [0.2, 0.25) is 0 Å². The second kappa shape index (κ2) is 7.44. The quantitative estimate of drug-likeness (QED) is 0.770. The molecular formula is C17H33NO2. The molecule has 0 aromatic carbocycles. The van der Waals surface area contributed by atoms with Crippen LogP contribution in [0.3, 0.4) is 0 Å². The van der Waals surface area contributed by atoms with Gasteiger partial charge >= 0.3 is 5.97 Å². The van der Waals surface area contributed by atoms with Crippen LogP contribution in [0.1, 0.15) is 73.1 Å². The molecule has 20 heavy (non-hydrogen) atoms. The number of aliphatic carboxylic acids is 1. The number of hydrogen-bond acceptors (Lipinski definition) is 2. The fraction of sp³-hybridized carbons (Fsp3) is 0.941. The number of hydrogen-bond donors (Lipinski definition) is 1. The smallest absolute Gasteiger partial charge is 0.317 e. The highest BCUT2D eigenvalue weighted by atomic mass is 16.4. The summed E-state index contributed by atoms with van der Waals surface area (Å²) < 4.78 is 0. The maximum Gasteiger partial charge on any atom is 0.317 e. The van der Waals surface area contributed by atoms with Gasteiger partial charge in [0.1, 0.15) is 0 Å². The van der Waals surface area contributed by atoms with E-state index < -0.39 is 5.97 Å². The normalized spacial score (nSPS) is 26.3. The lowest BCUT2D eigenvalue weighted by molar-refractivity contribution is -0.139. The average Bonchev–Trinajstić information content (AvgIpc) is 2.59. The van der Waals surface area contributed by atoms with E-state index in [0.29, 0.717) is 17.5 Å². The molecule has 3 nitrogen and oxygen atoms in total. The first-order valence-corrected chi connectivity index (χ1v) is 8.23. The Morgan fingerprint density at radius 3 is 2.40 bits per heavy atom. The summed E-state index contributed by atoms with van der Waals surface area (Å²) >= 11 is 0. The van der Waals surface area contributed by atoms with E-state index in [9.17, 15) is 4.79 Å². The van der Waals surface area contributed by atoms with E-state index in [-0.39, 0.29) is 6.54 Å². The molecule has 0 bridgehead atoms. The molecule has 0 radical (unpaired) electrons. The summed E-state index contributed by atoms with van der Waals surface area (Å²) in [5.74, 6) is 0.0815. The van der Waals surface area contributed by atoms with E-state index in [1.165, 1.54) is 19.3 Å². The van der Waals surface area contributed by atoms with Crippen LogP contribution in [0.25, 0.3) is 0 Å². The minimum Gasteiger partial charge on any atom is -0.480 e. The fourth-order valence-corrected chi connectivity index (χ4v) is 3.52. The second-order valence-corrected chi connectivity index (χ2v) is 7.55. The monoisotopic (exact) mass is 283 g/mol. The zero-order valence-electron chi connectivity index (χ0n) is 14.0. The van der Waals surface area contributed by atoms with Crippen molar-refractivity contribution >= 4 is 5.97 Å². The van der Waals surface area contributed by atoms with Gasteiger partial charge in [0.2, 0.25) is 0 Å². The van der Waals surface area contributed by atoms with Crippen molar-refractivity contribution in [2.75, 3.05) is 6.54 Å². The molecule has 118 valence electrons. The summed E-state index contributed by atoms with van der Waals surface area (Å²) in [6.45, 7) is 11.5. The van der Waals surface area contributed by atoms with E-state index in [1.807, 2.05) is 0 Å². The van der Waals surface area contributed by atoms with Gasteiger partial charge in [-0.3, -0.25) is 9.69 Å². The summed E-state index contributed by atoms with van der Waals surface area (Å²) in [5, 5.41) is 9.17. The van der Waals surface area contributed by atoms with Crippen molar-refractivity contribution in [2.45, 2.75) is 85.2 Å². The molecule has 3 atom stereocenters. The summed E-state index contributed by atoms with van der Waals surface area (Å²) in [5.41, 5.74) is 0.378. The Balaban J connectivity index is 2.71. The molecule has 0 amide bonds. The van der Waals surface area contributed by atoms with Gasteiger partial charge in [-0.15, -0.1) is 0 Å². The van der Waals surface area contributed by atoms with Crippen molar-refractivity contribution < 1.29 is 9.90 Å². The van der Waals surface area contributed by atoms with Crippen LogP contribution in [0, 0.1) is 11.3 Å². The van der Waals surface area contributed by atoms with Crippen LogP contribution >= 0.6 is 0 Å². The minimum absolute atomic E-state index is 0.194. The van der Waals surface area contributed by atoms with Crippen molar-refractivity contribution in [3.63, 3.8) is 0 Å². The zero-order valence-corrected chi connectivity index (χ0v) is 14.0. The number of rotatable bonds is 5. The van der Waals surface area contributed by atoms with Gasteiger partial charge in [0.25, 0.3) is 0 Å². The second-order valence-electron chi connectivity index (χ2n) is 7.55. The molecule has 0 aliphatic heterocycles. The molecule has 1 fully saturated rings. The molecule has 0 spiro atoms. The Hall–Kier alpha value is -0.570. The number of nitrogens with zero attached hydrogens (tertiary/aromatic N) is 1. The van der Waals surface area contributed by atoms with Crippen LogP contribution in [-0.2, 0) is 4.79 Å². The van der Waals surface area contributed by atoms with Gasteiger partial charge in [0.15, 0.2) is 0 Å². The van der Waals surface area contributed by atoms with Gasteiger partial charge in [-0.25, -0.2) is 0 Å². The number of carboxylic acids is 1. The Labute approximate surface area is 124 Å². The van der Waals surface area contributed by atoms with Crippen LogP contribution in [0.4, 0.5) is 0 Å². The third kappa shape index (κ3) is 5.08. The lowest BCUT2D eigenvalue weighted by Crippen LogP contribution is -2.44. The van der Waals surface area contributed by atoms with Crippen LogP contribution in [-0.4, -0.2) is 34.6 Å². The summed E-state index contributed by atoms with van der Waals surface area (Å²) in [6, 6.07) is 0.815. The topological polar surface area (TPSA) is 40.5 Å². The van der Waals surface area contributed by atoms with E-state index in [1.54, 1.807) is 0 Å². The highest BCUT2D eigenvalue weighted by molar-refractivity contribution is 5.69. The molecule has 0 saturated heterocycles. The van der Waals surface area contributed by atoms with Crippen molar-refractivity contribution in [2.24, 2.45) is 11.3 Å². The lowest BCUT2D eigenvalue weighted by atomic mass is 9.76. The van der Waals surface area contributed by atoms with Crippen LogP contribution in [0.5, 0.6) is 0 Å². The molecule has 1 aliphatic carbocycles. The van der Waals surface area contributed by atoms with Gasteiger partial charge in [0, 0.05) is 12.1 Å². The average molecular weight is 283 g/mol. The Bertz CT molecular complexity index is 309. The highest BCUT2D eigenvalue weighted by Gasteiger charge is 2.31. The molecule has 1 N–H and O–H groups in total. The molecule has 0 heterocycles. The Morgan fingerprint density at radius 1 is 1.25 bits per heavy atom. The predicted molar refractivity (Wildman–Crippen MR) is 83.9 cm³/mol. The molecule has 0 aromatic rings. The lowest BCUT2D eigenvalue weighted by Gasteiger charge is -2.35. The third-order valence-electron chi connectivity index (χ3n) is 5.11. The molecule has 3 heteroatoms. The number of carbonyl (C=O) groups is 1. The summed E-state index contributed by atoms with van der Waals surface area (Å²) in [7, 11) is 0. The van der Waals surface area contributed by atoms with Crippen molar-refractivity contribution in [1.29, 1.82) is 0 Å². The van der Waals surface area contributed by atoms with Gasteiger partial charge in [-0.2, -0.15) is 0 Å². The molecule has 1 saturated carbocycles. The van der Waals surface area contributed by atoms with Crippen LogP contribution < -0.4 is 0 Å². The van der Waals surface area contributed by atoms with Crippen molar-refractivity contribution in [1.82, 2.24) is 4.90 Å². The van der Waals surface area contributed by atoms with Gasteiger partial charge < -0.3 is 5.11 Å². The predicted octanol–water partition coefficient (Wildman–Crippen LogP) is 4.17. The Kier molecular flexibility index (Phi) is 6.50. The molecule has 1 rings (SSSR count). The van der Waals surface area contributed by atoms with Crippen LogP contribution in [0.15, 0.2) is 0 Å². The maximum atomic E-state index is 11.1. The van der Waals surface area contributed by atoms with Gasteiger partial charge in [-0.05, 0) is 50.4 Å². The standard InChI is InChI=1S/C17H33NO2/c1-6-13(2)18(12-16(19)20)15-9-7-8-14(10-11-15)17(3,4)5/h13-15H,6-12H2,1-5H3,(H,19,20). The largest absolute Gasteiger partial charge is 0.480 e. The summed E-state index contributed by atoms with van der Waals surface area (Å²) in [6.07, 6.45) is 7.09. The van der Waals surface area contributed by atoms with Gasteiger partial charge in [0.05, 0.1) is 6.54 Å². The van der Waals surface area contributed by atoms with Crippen molar-refractivity contribution in [3.8, 4) is 0 Å².